The summed E-state index contributed by atoms with van der Waals surface area (Å²) in [6, 6.07) is 7.76. The van der Waals surface area contributed by atoms with Crippen LogP contribution in [0.15, 0.2) is 35.1 Å². The third-order valence-corrected chi connectivity index (χ3v) is 6.28. The number of nitrogens with zero attached hydrogens (tertiary/aromatic N) is 4. The maximum absolute atomic E-state index is 11.9. The first-order chi connectivity index (χ1) is 15.9. The van der Waals surface area contributed by atoms with Crippen LogP contribution in [0, 0.1) is 25.2 Å². The van der Waals surface area contributed by atoms with E-state index in [1.807, 2.05) is 26.0 Å². The zero-order valence-corrected chi connectivity index (χ0v) is 18.5. The Morgan fingerprint density at radius 1 is 1.33 bits per heavy atom. The highest BCUT2D eigenvalue weighted by atomic mass is 16.5. The standard InChI is InChI=1S/C24H24N6O3/c1-13-5-20(27-7-15(13)6-25)23-28-16(11-32-23)8-30-9-21(29-22(26)10-30)17-3-4-18-19(14(17)2)12-33-24(18)31/h3-5,7,11,21-22,29H,8-10,12,26H2,1-2H3/t21-,22+/m0/s1. The van der Waals surface area contributed by atoms with E-state index in [0.717, 1.165) is 34.5 Å². The first kappa shape index (κ1) is 21.3. The number of esters is 1. The van der Waals surface area contributed by atoms with Gasteiger partial charge < -0.3 is 14.9 Å². The minimum absolute atomic E-state index is 0.0176. The zero-order chi connectivity index (χ0) is 23.1. The van der Waals surface area contributed by atoms with E-state index in [1.165, 1.54) is 6.20 Å². The van der Waals surface area contributed by atoms with Gasteiger partial charge in [-0.05, 0) is 42.7 Å². The van der Waals surface area contributed by atoms with Crippen LogP contribution in [-0.4, -0.2) is 40.1 Å². The highest BCUT2D eigenvalue weighted by Gasteiger charge is 2.30. The molecule has 1 saturated heterocycles. The molecule has 0 amide bonds. The Kier molecular flexibility index (Phi) is 5.42. The second kappa shape index (κ2) is 8.41. The Balaban J connectivity index is 1.33. The lowest BCUT2D eigenvalue weighted by Crippen LogP contribution is -2.56. The third-order valence-electron chi connectivity index (χ3n) is 6.28. The second-order valence-corrected chi connectivity index (χ2v) is 8.54. The summed E-state index contributed by atoms with van der Waals surface area (Å²) in [6.07, 6.45) is 2.96. The number of rotatable bonds is 4. The molecule has 1 aromatic carbocycles. The predicted octanol–water partition coefficient (Wildman–Crippen LogP) is 2.33. The van der Waals surface area contributed by atoms with Crippen molar-refractivity contribution in [2.45, 2.75) is 39.2 Å². The Morgan fingerprint density at radius 3 is 2.97 bits per heavy atom. The molecule has 4 heterocycles. The van der Waals surface area contributed by atoms with Crippen molar-refractivity contribution < 1.29 is 13.9 Å². The van der Waals surface area contributed by atoms with E-state index in [2.05, 4.69) is 26.3 Å². The number of oxazole rings is 1. The average molecular weight is 444 g/mol. The molecule has 2 aliphatic heterocycles. The van der Waals surface area contributed by atoms with E-state index in [4.69, 9.17) is 20.1 Å². The number of aryl methyl sites for hydroxylation is 1. The van der Waals surface area contributed by atoms with Crippen LogP contribution < -0.4 is 11.1 Å². The molecule has 0 saturated carbocycles. The Hall–Kier alpha value is -3.58. The van der Waals surface area contributed by atoms with Crippen LogP contribution in [0.3, 0.4) is 0 Å². The van der Waals surface area contributed by atoms with Crippen LogP contribution in [0.4, 0.5) is 0 Å². The molecular weight excluding hydrogens is 420 g/mol. The number of benzene rings is 1. The van der Waals surface area contributed by atoms with Gasteiger partial charge in [0, 0.05) is 37.4 Å². The van der Waals surface area contributed by atoms with E-state index >= 15 is 0 Å². The van der Waals surface area contributed by atoms with E-state index in [-0.39, 0.29) is 18.2 Å². The van der Waals surface area contributed by atoms with Gasteiger partial charge in [0.05, 0.1) is 23.0 Å². The number of hydrogen-bond donors (Lipinski definition) is 2. The Bertz CT molecular complexity index is 1280. The topological polar surface area (TPSA) is 130 Å². The molecule has 9 nitrogen and oxygen atoms in total. The van der Waals surface area contributed by atoms with Gasteiger partial charge in [-0.2, -0.15) is 5.26 Å². The van der Waals surface area contributed by atoms with Gasteiger partial charge in [0.1, 0.15) is 24.6 Å². The van der Waals surface area contributed by atoms with Gasteiger partial charge in [-0.25, -0.2) is 14.8 Å². The lowest BCUT2D eigenvalue weighted by molar-refractivity contribution is 0.0535. The normalized spacial score (nSPS) is 20.4. The van der Waals surface area contributed by atoms with Gasteiger partial charge in [0.25, 0.3) is 0 Å². The van der Waals surface area contributed by atoms with Gasteiger partial charge in [0.2, 0.25) is 5.89 Å². The number of ether oxygens (including phenoxy) is 1. The number of piperazine rings is 1. The largest absolute Gasteiger partial charge is 0.457 e. The average Bonchev–Trinajstić information content (AvgIpc) is 3.41. The summed E-state index contributed by atoms with van der Waals surface area (Å²) >= 11 is 0. The summed E-state index contributed by atoms with van der Waals surface area (Å²) < 4.78 is 10.9. The smallest absolute Gasteiger partial charge is 0.338 e. The van der Waals surface area contributed by atoms with Crippen molar-refractivity contribution in [1.29, 1.82) is 5.26 Å². The molecule has 33 heavy (non-hydrogen) atoms. The maximum atomic E-state index is 11.9. The van der Waals surface area contributed by atoms with Crippen molar-refractivity contribution in [2.75, 3.05) is 13.1 Å². The Morgan fingerprint density at radius 2 is 2.18 bits per heavy atom. The number of nitriles is 1. The van der Waals surface area contributed by atoms with Crippen molar-refractivity contribution in [3.63, 3.8) is 0 Å². The van der Waals surface area contributed by atoms with E-state index in [0.29, 0.717) is 42.4 Å². The van der Waals surface area contributed by atoms with Gasteiger partial charge in [0.15, 0.2) is 0 Å². The molecule has 0 aliphatic carbocycles. The first-order valence-electron chi connectivity index (χ1n) is 10.8. The zero-order valence-electron chi connectivity index (χ0n) is 18.5. The molecule has 0 spiro atoms. The predicted molar refractivity (Wildman–Crippen MR) is 119 cm³/mol. The molecule has 9 heteroatoms. The maximum Gasteiger partial charge on any atom is 0.338 e. The first-order valence-corrected chi connectivity index (χ1v) is 10.8. The van der Waals surface area contributed by atoms with Crippen molar-refractivity contribution in [2.24, 2.45) is 5.73 Å². The van der Waals surface area contributed by atoms with Crippen molar-refractivity contribution in [1.82, 2.24) is 20.2 Å². The highest BCUT2D eigenvalue weighted by Crippen LogP contribution is 2.31. The monoisotopic (exact) mass is 444 g/mol. The number of aromatic nitrogens is 2. The second-order valence-electron chi connectivity index (χ2n) is 8.54. The number of fused-ring (bicyclic) bond motifs is 1. The molecule has 0 bridgehead atoms. The van der Waals surface area contributed by atoms with Crippen LogP contribution in [0.1, 0.15) is 49.9 Å². The lowest BCUT2D eigenvalue weighted by atomic mass is 9.93. The summed E-state index contributed by atoms with van der Waals surface area (Å²) in [5, 5.41) is 12.6. The number of hydrogen-bond acceptors (Lipinski definition) is 9. The minimum atomic E-state index is -0.261. The molecule has 168 valence electrons. The fourth-order valence-electron chi connectivity index (χ4n) is 4.55. The van der Waals surface area contributed by atoms with Crippen LogP contribution in [-0.2, 0) is 17.9 Å². The van der Waals surface area contributed by atoms with Gasteiger partial charge in [-0.3, -0.25) is 10.2 Å². The number of cyclic esters (lactones) is 1. The van der Waals surface area contributed by atoms with Crippen LogP contribution in [0.2, 0.25) is 0 Å². The van der Waals surface area contributed by atoms with Crippen molar-refractivity contribution >= 4 is 5.97 Å². The molecule has 5 rings (SSSR count). The van der Waals surface area contributed by atoms with Crippen molar-refractivity contribution in [3.8, 4) is 17.7 Å². The Labute approximate surface area is 191 Å². The minimum Gasteiger partial charge on any atom is -0.457 e. The van der Waals surface area contributed by atoms with Gasteiger partial charge >= 0.3 is 5.97 Å². The number of nitrogens with one attached hydrogen (secondary N) is 1. The molecule has 2 aromatic heterocycles. The van der Waals surface area contributed by atoms with Crippen molar-refractivity contribution in [3.05, 3.63) is 69.7 Å². The van der Waals surface area contributed by atoms with Crippen LogP contribution in [0.5, 0.6) is 0 Å². The summed E-state index contributed by atoms with van der Waals surface area (Å²) in [5.74, 6) is 0.163. The summed E-state index contributed by atoms with van der Waals surface area (Å²) in [4.78, 5) is 23.0. The molecule has 0 unspecified atom stereocenters. The number of nitrogens with two attached hydrogens (primary N) is 1. The molecule has 3 aromatic rings. The fourth-order valence-corrected chi connectivity index (χ4v) is 4.55. The molecular formula is C24H24N6O3. The number of carbonyl (C=O) groups excluding carboxylic acids is 1. The molecule has 2 aliphatic rings. The lowest BCUT2D eigenvalue weighted by Gasteiger charge is -2.38. The van der Waals surface area contributed by atoms with E-state index in [9.17, 15) is 4.79 Å². The molecule has 0 radical (unpaired) electrons. The molecule has 2 atom stereocenters. The SMILES string of the molecule is Cc1cc(-c2nc(CN3C[C@@H](c4ccc5c(c4C)COC5=O)N[C@@H](N)C3)co2)ncc1C#N. The van der Waals surface area contributed by atoms with Gasteiger partial charge in [-0.15, -0.1) is 0 Å². The molecule has 3 N–H and O–H groups in total. The van der Waals surface area contributed by atoms with Gasteiger partial charge in [-0.1, -0.05) is 6.07 Å². The van der Waals surface area contributed by atoms with E-state index in [1.54, 1.807) is 12.3 Å². The quantitative estimate of drug-likeness (QED) is 0.582. The van der Waals surface area contributed by atoms with E-state index < -0.39 is 0 Å². The summed E-state index contributed by atoms with van der Waals surface area (Å²) in [7, 11) is 0. The van der Waals surface area contributed by atoms with Crippen LogP contribution in [0.25, 0.3) is 11.6 Å². The number of pyridine rings is 1. The summed E-state index contributed by atoms with van der Waals surface area (Å²) in [6.45, 7) is 6.19. The molecule has 1 fully saturated rings. The van der Waals surface area contributed by atoms with Crippen LogP contribution >= 0.6 is 0 Å². The third kappa shape index (κ3) is 4.00. The number of carbonyl (C=O) groups is 1. The highest BCUT2D eigenvalue weighted by molar-refractivity contribution is 5.94. The fraction of sp³-hybridized carbons (Fsp3) is 0.333. The summed E-state index contributed by atoms with van der Waals surface area (Å²) in [5.41, 5.74) is 12.8.